The highest BCUT2D eigenvalue weighted by Crippen LogP contribution is 2.34. The largest absolute Gasteiger partial charge is 0.416 e. The summed E-state index contributed by atoms with van der Waals surface area (Å²) in [6.07, 6.45) is -0.332. The molecule has 0 saturated heterocycles. The second kappa shape index (κ2) is 6.11. The fourth-order valence-corrected chi connectivity index (χ4v) is 2.01. The molecule has 0 amide bonds. The number of hydrogen-bond donors (Lipinski definition) is 1. The van der Waals surface area contributed by atoms with E-state index < -0.39 is 11.7 Å². The molecule has 0 atom stereocenters. The molecule has 0 aliphatic rings. The van der Waals surface area contributed by atoms with Gasteiger partial charge in [-0.05, 0) is 31.0 Å². The topological polar surface area (TPSA) is 37.8 Å². The summed E-state index contributed by atoms with van der Waals surface area (Å²) in [5.74, 6) is 0.585. The molecule has 0 bridgehead atoms. The van der Waals surface area contributed by atoms with Crippen molar-refractivity contribution in [3.63, 3.8) is 0 Å². The molecule has 0 unspecified atom stereocenters. The zero-order chi connectivity index (χ0) is 15.5. The van der Waals surface area contributed by atoms with E-state index in [0.717, 1.165) is 25.1 Å². The Morgan fingerprint density at radius 1 is 1.14 bits per heavy atom. The van der Waals surface area contributed by atoms with Gasteiger partial charge in [-0.2, -0.15) is 13.2 Å². The number of hydrogen-bond acceptors (Lipinski definition) is 3. The standard InChI is InChI=1S/C15H16F3N3/c1-3-6-20-14-13(19-7-8-21-14)12-5-4-11(9-10(12)2)15(16,17)18/h4-5,7-9H,3,6H2,1-2H3,(H,20,21). The number of nitrogens with one attached hydrogen (secondary N) is 1. The van der Waals surface area contributed by atoms with Gasteiger partial charge >= 0.3 is 6.18 Å². The van der Waals surface area contributed by atoms with E-state index >= 15 is 0 Å². The normalized spacial score (nSPS) is 11.5. The van der Waals surface area contributed by atoms with Gasteiger partial charge in [0, 0.05) is 24.5 Å². The van der Waals surface area contributed by atoms with Crippen LogP contribution < -0.4 is 5.32 Å². The molecule has 0 saturated carbocycles. The van der Waals surface area contributed by atoms with Crippen LogP contribution in [0.4, 0.5) is 19.0 Å². The Morgan fingerprint density at radius 3 is 2.48 bits per heavy atom. The van der Waals surface area contributed by atoms with Crippen molar-refractivity contribution in [2.45, 2.75) is 26.4 Å². The minimum Gasteiger partial charge on any atom is -0.368 e. The highest BCUT2D eigenvalue weighted by molar-refractivity contribution is 5.74. The smallest absolute Gasteiger partial charge is 0.368 e. The number of benzene rings is 1. The molecule has 2 aromatic rings. The lowest BCUT2D eigenvalue weighted by Crippen LogP contribution is -2.07. The lowest BCUT2D eigenvalue weighted by atomic mass is 10.0. The first kappa shape index (κ1) is 15.3. The molecule has 3 nitrogen and oxygen atoms in total. The van der Waals surface area contributed by atoms with Gasteiger partial charge in [0.2, 0.25) is 0 Å². The van der Waals surface area contributed by atoms with E-state index in [2.05, 4.69) is 15.3 Å². The third-order valence-electron chi connectivity index (χ3n) is 3.05. The molecular weight excluding hydrogens is 279 g/mol. The van der Waals surface area contributed by atoms with E-state index in [4.69, 9.17) is 0 Å². The van der Waals surface area contributed by atoms with Gasteiger partial charge in [-0.15, -0.1) is 0 Å². The molecule has 0 spiro atoms. The molecule has 2 rings (SSSR count). The van der Waals surface area contributed by atoms with Crippen molar-refractivity contribution in [1.82, 2.24) is 9.97 Å². The van der Waals surface area contributed by atoms with E-state index in [1.165, 1.54) is 12.3 Å². The fourth-order valence-electron chi connectivity index (χ4n) is 2.01. The summed E-state index contributed by atoms with van der Waals surface area (Å²) in [5, 5.41) is 3.14. The van der Waals surface area contributed by atoms with Crippen LogP contribution in [0.2, 0.25) is 0 Å². The Balaban J connectivity index is 2.43. The van der Waals surface area contributed by atoms with Gasteiger partial charge in [0.05, 0.1) is 5.56 Å². The SMILES string of the molecule is CCCNc1nccnc1-c1ccc(C(F)(F)F)cc1C. The van der Waals surface area contributed by atoms with Crippen molar-refractivity contribution in [2.24, 2.45) is 0 Å². The maximum atomic E-state index is 12.7. The van der Waals surface area contributed by atoms with Crippen LogP contribution in [0.25, 0.3) is 11.3 Å². The van der Waals surface area contributed by atoms with Crippen LogP contribution in [-0.4, -0.2) is 16.5 Å². The fraction of sp³-hybridized carbons (Fsp3) is 0.333. The van der Waals surface area contributed by atoms with Crippen LogP contribution in [0, 0.1) is 6.92 Å². The third-order valence-corrected chi connectivity index (χ3v) is 3.05. The molecule has 1 heterocycles. The average molecular weight is 295 g/mol. The van der Waals surface area contributed by atoms with Crippen molar-refractivity contribution < 1.29 is 13.2 Å². The Kier molecular flexibility index (Phi) is 4.45. The van der Waals surface area contributed by atoms with Crippen LogP contribution in [-0.2, 0) is 6.18 Å². The van der Waals surface area contributed by atoms with Crippen LogP contribution >= 0.6 is 0 Å². The molecular formula is C15H16F3N3. The minimum atomic E-state index is -4.34. The first-order valence-electron chi connectivity index (χ1n) is 6.66. The second-order valence-electron chi connectivity index (χ2n) is 4.71. The van der Waals surface area contributed by atoms with E-state index in [9.17, 15) is 13.2 Å². The van der Waals surface area contributed by atoms with E-state index in [-0.39, 0.29) is 0 Å². The highest BCUT2D eigenvalue weighted by Gasteiger charge is 2.30. The van der Waals surface area contributed by atoms with Crippen LogP contribution in [0.1, 0.15) is 24.5 Å². The summed E-state index contributed by atoms with van der Waals surface area (Å²) < 4.78 is 38.1. The van der Waals surface area contributed by atoms with Gasteiger partial charge in [0.15, 0.2) is 5.82 Å². The number of anilines is 1. The second-order valence-corrected chi connectivity index (χ2v) is 4.71. The molecule has 6 heteroatoms. The molecule has 0 aliphatic carbocycles. The Bertz CT molecular complexity index is 624. The molecule has 0 aliphatic heterocycles. The third kappa shape index (κ3) is 3.51. The van der Waals surface area contributed by atoms with Crippen molar-refractivity contribution in [2.75, 3.05) is 11.9 Å². The van der Waals surface area contributed by atoms with Crippen molar-refractivity contribution in [3.05, 3.63) is 41.7 Å². The number of aryl methyl sites for hydroxylation is 1. The van der Waals surface area contributed by atoms with Crippen molar-refractivity contribution in [3.8, 4) is 11.3 Å². The zero-order valence-electron chi connectivity index (χ0n) is 11.8. The van der Waals surface area contributed by atoms with Crippen LogP contribution in [0.15, 0.2) is 30.6 Å². The number of alkyl halides is 3. The molecule has 1 aromatic heterocycles. The van der Waals surface area contributed by atoms with Crippen molar-refractivity contribution >= 4 is 5.82 Å². The minimum absolute atomic E-state index is 0.518. The predicted octanol–water partition coefficient (Wildman–Crippen LogP) is 4.29. The summed E-state index contributed by atoms with van der Waals surface area (Å²) >= 11 is 0. The summed E-state index contributed by atoms with van der Waals surface area (Å²) in [5.41, 5.74) is 1.08. The van der Waals surface area contributed by atoms with Crippen molar-refractivity contribution in [1.29, 1.82) is 0 Å². The van der Waals surface area contributed by atoms with E-state index in [1.807, 2.05) is 6.92 Å². The van der Waals surface area contributed by atoms with Gasteiger partial charge in [-0.3, -0.25) is 4.98 Å². The van der Waals surface area contributed by atoms with Gasteiger partial charge in [-0.25, -0.2) is 4.98 Å². The van der Waals surface area contributed by atoms with Crippen LogP contribution in [0.5, 0.6) is 0 Å². The summed E-state index contributed by atoms with van der Waals surface area (Å²) in [6, 6.07) is 3.65. The molecule has 21 heavy (non-hydrogen) atoms. The number of aromatic nitrogens is 2. The Morgan fingerprint density at radius 2 is 1.86 bits per heavy atom. The molecule has 0 fully saturated rings. The first-order chi connectivity index (χ1) is 9.93. The Hall–Kier alpha value is -2.11. The van der Waals surface area contributed by atoms with Gasteiger partial charge in [0.1, 0.15) is 5.69 Å². The zero-order valence-corrected chi connectivity index (χ0v) is 11.8. The average Bonchev–Trinajstić information content (AvgIpc) is 2.44. The number of rotatable bonds is 4. The van der Waals surface area contributed by atoms with Gasteiger partial charge in [-0.1, -0.05) is 13.0 Å². The maximum Gasteiger partial charge on any atom is 0.416 e. The monoisotopic (exact) mass is 295 g/mol. The van der Waals surface area contributed by atoms with Gasteiger partial charge in [0.25, 0.3) is 0 Å². The summed E-state index contributed by atoms with van der Waals surface area (Å²) in [4.78, 5) is 8.46. The lowest BCUT2D eigenvalue weighted by Gasteiger charge is -2.13. The molecule has 1 N–H and O–H groups in total. The summed E-state index contributed by atoms with van der Waals surface area (Å²) in [7, 11) is 0. The summed E-state index contributed by atoms with van der Waals surface area (Å²) in [6.45, 7) is 4.39. The van der Waals surface area contributed by atoms with Gasteiger partial charge < -0.3 is 5.32 Å². The maximum absolute atomic E-state index is 12.7. The number of halogens is 3. The van der Waals surface area contributed by atoms with E-state index in [0.29, 0.717) is 22.6 Å². The quantitative estimate of drug-likeness (QED) is 0.914. The van der Waals surface area contributed by atoms with E-state index in [1.54, 1.807) is 13.1 Å². The lowest BCUT2D eigenvalue weighted by molar-refractivity contribution is -0.137. The Labute approximate surface area is 121 Å². The number of nitrogens with zero attached hydrogens (tertiary/aromatic N) is 2. The highest BCUT2D eigenvalue weighted by atomic mass is 19.4. The molecule has 0 radical (unpaired) electrons. The predicted molar refractivity (Wildman–Crippen MR) is 76.0 cm³/mol. The molecule has 112 valence electrons. The molecule has 1 aromatic carbocycles. The van der Waals surface area contributed by atoms with Crippen LogP contribution in [0.3, 0.4) is 0 Å². The first-order valence-corrected chi connectivity index (χ1v) is 6.66.